The largest absolute Gasteiger partial charge is 0.453 e. The molecule has 10 heteroatoms. The number of amides is 1. The summed E-state index contributed by atoms with van der Waals surface area (Å²) in [6.07, 6.45) is 1.68. The van der Waals surface area contributed by atoms with Gasteiger partial charge in [0.25, 0.3) is 0 Å². The van der Waals surface area contributed by atoms with E-state index in [1.54, 1.807) is 20.8 Å². The third kappa shape index (κ3) is 6.74. The molecule has 3 aromatic rings. The zero-order valence-corrected chi connectivity index (χ0v) is 22.2. The Morgan fingerprint density at radius 1 is 1.08 bits per heavy atom. The van der Waals surface area contributed by atoms with E-state index < -0.39 is 40.2 Å². The number of benzene rings is 2. The molecule has 0 saturated carbocycles. The van der Waals surface area contributed by atoms with Gasteiger partial charge in [-0.15, -0.1) is 0 Å². The molecule has 2 aromatic carbocycles. The van der Waals surface area contributed by atoms with Crippen molar-refractivity contribution in [2.24, 2.45) is 0 Å². The minimum atomic E-state index is -1.07. The first-order valence-corrected chi connectivity index (χ1v) is 11.9. The molecule has 1 heterocycles. The van der Waals surface area contributed by atoms with Crippen LogP contribution < -0.4 is 15.6 Å². The van der Waals surface area contributed by atoms with Gasteiger partial charge in [0.2, 0.25) is 0 Å². The number of methoxy groups -OCH3 is 1. The number of hydrogen-bond acceptors (Lipinski definition) is 6. The van der Waals surface area contributed by atoms with Crippen LogP contribution in [-0.2, 0) is 9.47 Å². The van der Waals surface area contributed by atoms with Crippen molar-refractivity contribution in [1.82, 2.24) is 0 Å². The fourth-order valence-electron chi connectivity index (χ4n) is 3.69. The molecule has 0 bridgehead atoms. The molecule has 0 radical (unpaired) electrons. The summed E-state index contributed by atoms with van der Waals surface area (Å²) in [5.41, 5.74) is -1.11. The first kappa shape index (κ1) is 28.8. The standard InChI is InChI=1S/C28H31F3N2O5/c1-16(2)8-7-11-32-25-19(30)13-20(31)26-24(25)22(34)14-23(37-26)17-9-10-21(18(29)12-17)33(15-36-6)27(35)38-28(3,4)5/h8-10,12-14,32H,7,11,15H2,1-6H3. The first-order chi connectivity index (χ1) is 17.8. The molecule has 3 rings (SSSR count). The van der Waals surface area contributed by atoms with E-state index in [-0.39, 0.29) is 34.8 Å². The summed E-state index contributed by atoms with van der Waals surface area (Å²) < 4.78 is 60.4. The molecule has 0 atom stereocenters. The van der Waals surface area contributed by atoms with Crippen LogP contribution in [0.2, 0.25) is 0 Å². The summed E-state index contributed by atoms with van der Waals surface area (Å²) in [6.45, 7) is 8.89. The van der Waals surface area contributed by atoms with Crippen molar-refractivity contribution in [2.45, 2.75) is 46.6 Å². The van der Waals surface area contributed by atoms with Crippen molar-refractivity contribution in [3.05, 3.63) is 69.7 Å². The highest BCUT2D eigenvalue weighted by molar-refractivity contribution is 5.92. The molecule has 7 nitrogen and oxygen atoms in total. The van der Waals surface area contributed by atoms with Crippen LogP contribution in [0.4, 0.5) is 29.3 Å². The lowest BCUT2D eigenvalue weighted by molar-refractivity contribution is 0.0523. The Kier molecular flexibility index (Phi) is 8.88. The summed E-state index contributed by atoms with van der Waals surface area (Å²) in [7, 11) is 1.34. The number of carbonyl (C=O) groups excluding carboxylic acids is 1. The van der Waals surface area contributed by atoms with Crippen molar-refractivity contribution < 1.29 is 31.9 Å². The van der Waals surface area contributed by atoms with Crippen LogP contribution in [-0.4, -0.2) is 32.1 Å². The van der Waals surface area contributed by atoms with Crippen LogP contribution in [0.1, 0.15) is 41.0 Å². The van der Waals surface area contributed by atoms with Crippen molar-refractivity contribution in [2.75, 3.05) is 30.6 Å². The second kappa shape index (κ2) is 11.7. The number of nitrogens with one attached hydrogen (secondary N) is 1. The fraction of sp³-hybridized carbons (Fsp3) is 0.357. The van der Waals surface area contributed by atoms with Crippen molar-refractivity contribution in [1.29, 1.82) is 0 Å². The molecule has 0 aliphatic carbocycles. The topological polar surface area (TPSA) is 81.0 Å². The van der Waals surface area contributed by atoms with Gasteiger partial charge in [-0.1, -0.05) is 11.6 Å². The third-order valence-corrected chi connectivity index (χ3v) is 5.30. The summed E-state index contributed by atoms with van der Waals surface area (Å²) in [4.78, 5) is 26.5. The number of halogens is 3. The lowest BCUT2D eigenvalue weighted by Gasteiger charge is -2.27. The van der Waals surface area contributed by atoms with Gasteiger partial charge in [-0.25, -0.2) is 18.0 Å². The highest BCUT2D eigenvalue weighted by Crippen LogP contribution is 2.32. The van der Waals surface area contributed by atoms with Gasteiger partial charge in [0.05, 0.1) is 16.8 Å². The lowest BCUT2D eigenvalue weighted by Crippen LogP contribution is -2.38. The number of carbonyl (C=O) groups is 1. The van der Waals surface area contributed by atoms with Gasteiger partial charge in [-0.3, -0.25) is 9.69 Å². The molecule has 0 aliphatic heterocycles. The van der Waals surface area contributed by atoms with E-state index in [2.05, 4.69) is 5.32 Å². The zero-order valence-electron chi connectivity index (χ0n) is 22.2. The Balaban J connectivity index is 2.02. The van der Waals surface area contributed by atoms with Crippen LogP contribution in [0, 0.1) is 17.5 Å². The third-order valence-electron chi connectivity index (χ3n) is 5.30. The molecule has 1 aromatic heterocycles. The first-order valence-electron chi connectivity index (χ1n) is 11.9. The molecule has 0 spiro atoms. The maximum atomic E-state index is 15.2. The Bertz CT molecular complexity index is 1420. The molecule has 0 saturated heterocycles. The molecule has 1 N–H and O–H groups in total. The van der Waals surface area contributed by atoms with Crippen LogP contribution in [0.15, 0.2) is 51.2 Å². The molecule has 204 valence electrons. The van der Waals surface area contributed by atoms with Crippen LogP contribution in [0.3, 0.4) is 0 Å². The highest BCUT2D eigenvalue weighted by Gasteiger charge is 2.26. The number of hydrogen-bond donors (Lipinski definition) is 1. The maximum Gasteiger partial charge on any atom is 0.416 e. The van der Waals surface area contributed by atoms with Gasteiger partial charge in [-0.05, 0) is 59.2 Å². The van der Waals surface area contributed by atoms with Gasteiger partial charge in [0.1, 0.15) is 29.7 Å². The zero-order chi connectivity index (χ0) is 28.2. The van der Waals surface area contributed by atoms with Gasteiger partial charge in [-0.2, -0.15) is 0 Å². The SMILES string of the molecule is COCN(C(=O)OC(C)(C)C)c1ccc(-c2cc(=O)c3c(NCCC=C(C)C)c(F)cc(F)c3o2)cc1F. The number of fused-ring (bicyclic) bond motifs is 1. The second-order valence-electron chi connectivity index (χ2n) is 9.88. The van der Waals surface area contributed by atoms with Crippen LogP contribution in [0.25, 0.3) is 22.3 Å². The van der Waals surface area contributed by atoms with E-state index in [0.717, 1.165) is 22.6 Å². The van der Waals surface area contributed by atoms with Gasteiger partial charge < -0.3 is 19.2 Å². The Labute approximate surface area is 218 Å². The molecule has 38 heavy (non-hydrogen) atoms. The molecular formula is C28H31F3N2O5. The summed E-state index contributed by atoms with van der Waals surface area (Å²) in [6, 6.07) is 5.39. The van der Waals surface area contributed by atoms with Crippen LogP contribution >= 0.6 is 0 Å². The minimum Gasteiger partial charge on any atom is -0.453 e. The van der Waals surface area contributed by atoms with E-state index in [9.17, 15) is 18.4 Å². The molecule has 0 aliphatic rings. The number of allylic oxidation sites excluding steroid dienone is 1. The predicted octanol–water partition coefficient (Wildman–Crippen LogP) is 6.99. The Morgan fingerprint density at radius 2 is 1.79 bits per heavy atom. The summed E-state index contributed by atoms with van der Waals surface area (Å²) in [5.74, 6) is -2.97. The van der Waals surface area contributed by atoms with Gasteiger partial charge >= 0.3 is 6.09 Å². The molecule has 0 fully saturated rings. The van der Waals surface area contributed by atoms with E-state index in [1.807, 2.05) is 19.9 Å². The second-order valence-corrected chi connectivity index (χ2v) is 9.88. The van der Waals surface area contributed by atoms with Crippen molar-refractivity contribution in [3.8, 4) is 11.3 Å². The minimum absolute atomic E-state index is 0.105. The smallest absolute Gasteiger partial charge is 0.416 e. The number of ether oxygens (including phenoxy) is 2. The van der Waals surface area contributed by atoms with E-state index in [4.69, 9.17) is 13.9 Å². The highest BCUT2D eigenvalue weighted by atomic mass is 19.1. The van der Waals surface area contributed by atoms with E-state index in [0.29, 0.717) is 19.0 Å². The van der Waals surface area contributed by atoms with Gasteiger partial charge in [0, 0.05) is 31.4 Å². The monoisotopic (exact) mass is 532 g/mol. The number of rotatable bonds is 8. The molecule has 0 unspecified atom stereocenters. The predicted molar refractivity (Wildman–Crippen MR) is 141 cm³/mol. The van der Waals surface area contributed by atoms with Crippen LogP contribution in [0.5, 0.6) is 0 Å². The quantitative estimate of drug-likeness (QED) is 0.191. The Morgan fingerprint density at radius 3 is 2.39 bits per heavy atom. The summed E-state index contributed by atoms with van der Waals surface area (Å²) in [5, 5.41) is 2.56. The van der Waals surface area contributed by atoms with E-state index in [1.165, 1.54) is 19.2 Å². The molecular weight excluding hydrogens is 501 g/mol. The number of anilines is 2. The average molecular weight is 533 g/mol. The summed E-state index contributed by atoms with van der Waals surface area (Å²) >= 11 is 0. The average Bonchev–Trinajstić information content (AvgIpc) is 2.81. The van der Waals surface area contributed by atoms with Crippen molar-refractivity contribution >= 4 is 28.4 Å². The normalized spacial score (nSPS) is 11.4. The molecule has 1 amide bonds. The lowest BCUT2D eigenvalue weighted by atomic mass is 10.1. The number of nitrogens with zero attached hydrogens (tertiary/aromatic N) is 1. The maximum absolute atomic E-state index is 15.2. The van der Waals surface area contributed by atoms with E-state index >= 15 is 4.39 Å². The Hall–Kier alpha value is -3.79. The fourth-order valence-corrected chi connectivity index (χ4v) is 3.69. The van der Waals surface area contributed by atoms with Crippen molar-refractivity contribution in [3.63, 3.8) is 0 Å². The van der Waals surface area contributed by atoms with Gasteiger partial charge in [0.15, 0.2) is 16.8 Å².